The van der Waals surface area contributed by atoms with Gasteiger partial charge in [-0.3, -0.25) is 9.59 Å². The second-order valence-electron chi connectivity index (χ2n) is 9.97. The van der Waals surface area contributed by atoms with Gasteiger partial charge in [-0.25, -0.2) is 4.39 Å². The molecule has 2 N–H and O–H groups in total. The van der Waals surface area contributed by atoms with Gasteiger partial charge >= 0.3 is 6.18 Å². The lowest BCUT2D eigenvalue weighted by atomic mass is 9.95. The highest BCUT2D eigenvalue weighted by Crippen LogP contribution is 2.39. The summed E-state index contributed by atoms with van der Waals surface area (Å²) < 4.78 is 56.6. The number of benzene rings is 2. The van der Waals surface area contributed by atoms with Crippen LogP contribution in [0, 0.1) is 5.82 Å². The van der Waals surface area contributed by atoms with Crippen molar-refractivity contribution < 1.29 is 31.9 Å². The number of nitrogens with one attached hydrogen (secondary N) is 2. The molecular formula is C26H28ClF4N3O3. The van der Waals surface area contributed by atoms with Crippen molar-refractivity contribution >= 4 is 29.1 Å². The first-order valence-electron chi connectivity index (χ1n) is 12.0. The molecule has 2 aromatic rings. The number of carbonyl (C=O) groups excluding carboxylic acids is 2. The van der Waals surface area contributed by atoms with Gasteiger partial charge < -0.3 is 20.3 Å². The normalized spacial score (nSPS) is 21.5. The highest BCUT2D eigenvalue weighted by Gasteiger charge is 2.42. The van der Waals surface area contributed by atoms with E-state index in [1.165, 1.54) is 24.3 Å². The van der Waals surface area contributed by atoms with E-state index in [1.807, 2.05) is 5.32 Å². The second-order valence-corrected chi connectivity index (χ2v) is 10.4. The van der Waals surface area contributed by atoms with Gasteiger partial charge in [0.05, 0.1) is 5.02 Å². The Morgan fingerprint density at radius 1 is 1.05 bits per heavy atom. The SMILES string of the molecule is CC(C)(Oc1ccc(Cl)c(F)c1)C(=O)N[C@H]1C[C@H]2CC[C@@H](C1)N2c1ccc(C(=O)NCC(F)(F)F)cc1. The molecule has 2 amide bonds. The summed E-state index contributed by atoms with van der Waals surface area (Å²) in [5, 5.41) is 4.91. The maximum absolute atomic E-state index is 13.8. The summed E-state index contributed by atoms with van der Waals surface area (Å²) >= 11 is 5.71. The van der Waals surface area contributed by atoms with Gasteiger partial charge in [-0.15, -0.1) is 0 Å². The molecular weight excluding hydrogens is 514 g/mol. The van der Waals surface area contributed by atoms with Gasteiger partial charge in [0.2, 0.25) is 0 Å². The molecule has 2 aliphatic rings. The lowest BCUT2D eigenvalue weighted by molar-refractivity contribution is -0.135. The zero-order chi connectivity index (χ0) is 27.0. The number of amides is 2. The molecule has 0 aromatic heterocycles. The number of anilines is 1. The Kier molecular flexibility index (Phi) is 7.60. The average Bonchev–Trinajstić information content (AvgIpc) is 3.09. The predicted octanol–water partition coefficient (Wildman–Crippen LogP) is 5.24. The van der Waals surface area contributed by atoms with Gasteiger partial charge in [0.25, 0.3) is 11.8 Å². The van der Waals surface area contributed by atoms with Crippen molar-refractivity contribution in [2.75, 3.05) is 11.4 Å². The van der Waals surface area contributed by atoms with Crippen LogP contribution in [-0.2, 0) is 4.79 Å². The Balaban J connectivity index is 1.35. The van der Waals surface area contributed by atoms with Gasteiger partial charge in [0, 0.05) is 35.4 Å². The molecule has 0 spiro atoms. The van der Waals surface area contributed by atoms with E-state index < -0.39 is 30.0 Å². The molecule has 200 valence electrons. The third kappa shape index (κ3) is 6.47. The van der Waals surface area contributed by atoms with Crippen LogP contribution in [0.5, 0.6) is 5.75 Å². The average molecular weight is 542 g/mol. The Morgan fingerprint density at radius 2 is 1.68 bits per heavy atom. The van der Waals surface area contributed by atoms with Crippen LogP contribution < -0.4 is 20.3 Å². The van der Waals surface area contributed by atoms with Crippen LogP contribution in [0.15, 0.2) is 42.5 Å². The molecule has 6 nitrogen and oxygen atoms in total. The van der Waals surface area contributed by atoms with Crippen LogP contribution in [0.25, 0.3) is 0 Å². The highest BCUT2D eigenvalue weighted by atomic mass is 35.5. The Labute approximate surface area is 217 Å². The smallest absolute Gasteiger partial charge is 0.405 e. The van der Waals surface area contributed by atoms with Crippen LogP contribution >= 0.6 is 11.6 Å². The van der Waals surface area contributed by atoms with Gasteiger partial charge in [-0.05, 0) is 75.9 Å². The first-order valence-corrected chi connectivity index (χ1v) is 12.4. The first-order chi connectivity index (χ1) is 17.3. The molecule has 2 aliphatic heterocycles. The number of hydrogen-bond acceptors (Lipinski definition) is 4. The highest BCUT2D eigenvalue weighted by molar-refractivity contribution is 6.30. The molecule has 2 heterocycles. The van der Waals surface area contributed by atoms with E-state index in [0.717, 1.165) is 24.6 Å². The van der Waals surface area contributed by atoms with E-state index >= 15 is 0 Å². The summed E-state index contributed by atoms with van der Waals surface area (Å²) in [5.74, 6) is -1.52. The first kappa shape index (κ1) is 27.0. The zero-order valence-corrected chi connectivity index (χ0v) is 21.1. The fourth-order valence-electron chi connectivity index (χ4n) is 5.02. The van der Waals surface area contributed by atoms with Gasteiger partial charge in [-0.2, -0.15) is 13.2 Å². The minimum atomic E-state index is -4.47. The second kappa shape index (κ2) is 10.4. The van der Waals surface area contributed by atoms with Gasteiger partial charge in [0.1, 0.15) is 18.1 Å². The van der Waals surface area contributed by atoms with Crippen LogP contribution in [0.3, 0.4) is 0 Å². The summed E-state index contributed by atoms with van der Waals surface area (Å²) in [7, 11) is 0. The molecule has 0 saturated carbocycles. The molecule has 37 heavy (non-hydrogen) atoms. The third-order valence-corrected chi connectivity index (χ3v) is 7.06. The molecule has 2 saturated heterocycles. The number of halogens is 5. The standard InChI is InChI=1S/C26H28ClF4N3O3/c1-25(2,37-20-9-10-21(27)22(28)13-20)24(36)33-16-11-18-7-8-19(12-16)34(18)17-5-3-15(4-6-17)23(35)32-14-26(29,30)31/h3-6,9-10,13,16,18-19H,7-8,11-12,14H2,1-2H3,(H,32,35)(H,33,36)/t16-,18+,19-. The van der Waals surface area contributed by atoms with E-state index in [4.69, 9.17) is 16.3 Å². The van der Waals surface area contributed by atoms with E-state index in [-0.39, 0.29) is 40.4 Å². The van der Waals surface area contributed by atoms with E-state index in [9.17, 15) is 27.2 Å². The minimum Gasteiger partial charge on any atom is -0.478 e. The van der Waals surface area contributed by atoms with Crippen molar-refractivity contribution in [1.29, 1.82) is 0 Å². The lowest BCUT2D eigenvalue weighted by Crippen LogP contribution is -2.55. The molecule has 4 rings (SSSR count). The van der Waals surface area contributed by atoms with Crippen molar-refractivity contribution in [3.63, 3.8) is 0 Å². The van der Waals surface area contributed by atoms with Crippen LogP contribution in [0.4, 0.5) is 23.2 Å². The Morgan fingerprint density at radius 3 is 2.24 bits per heavy atom. The number of hydrogen-bond donors (Lipinski definition) is 2. The van der Waals surface area contributed by atoms with Crippen molar-refractivity contribution in [2.45, 2.75) is 69.4 Å². The summed E-state index contributed by atoms with van der Waals surface area (Å²) in [6.07, 6.45) is -1.17. The summed E-state index contributed by atoms with van der Waals surface area (Å²) in [6, 6.07) is 10.8. The number of carbonyl (C=O) groups is 2. The zero-order valence-electron chi connectivity index (χ0n) is 20.4. The Hall–Kier alpha value is -3.01. The number of nitrogens with zero attached hydrogens (tertiary/aromatic N) is 1. The monoisotopic (exact) mass is 541 g/mol. The van der Waals surface area contributed by atoms with E-state index in [1.54, 1.807) is 26.0 Å². The topological polar surface area (TPSA) is 70.7 Å². The number of rotatable bonds is 7. The predicted molar refractivity (Wildman–Crippen MR) is 131 cm³/mol. The molecule has 2 bridgehead atoms. The van der Waals surface area contributed by atoms with Crippen LogP contribution in [-0.4, -0.2) is 48.3 Å². The summed E-state index contributed by atoms with van der Waals surface area (Å²) in [6.45, 7) is 1.85. The third-order valence-electron chi connectivity index (χ3n) is 6.76. The Bertz CT molecular complexity index is 1140. The van der Waals surface area contributed by atoms with Gasteiger partial charge in [0.15, 0.2) is 5.60 Å². The molecule has 0 radical (unpaired) electrons. The fraction of sp³-hybridized carbons (Fsp3) is 0.462. The van der Waals surface area contributed by atoms with Crippen LogP contribution in [0.1, 0.15) is 49.9 Å². The summed E-state index contributed by atoms with van der Waals surface area (Å²) in [5.41, 5.74) is -0.192. The van der Waals surface area contributed by atoms with E-state index in [0.29, 0.717) is 12.8 Å². The molecule has 2 aromatic carbocycles. The fourth-order valence-corrected chi connectivity index (χ4v) is 5.14. The number of alkyl halides is 3. The molecule has 0 aliphatic carbocycles. The number of ether oxygens (including phenoxy) is 1. The van der Waals surface area contributed by atoms with Crippen LogP contribution in [0.2, 0.25) is 5.02 Å². The van der Waals surface area contributed by atoms with Gasteiger partial charge in [-0.1, -0.05) is 11.6 Å². The number of fused-ring (bicyclic) bond motifs is 2. The molecule has 11 heteroatoms. The quantitative estimate of drug-likeness (QED) is 0.470. The lowest BCUT2D eigenvalue weighted by Gasteiger charge is -2.41. The molecule has 2 fully saturated rings. The van der Waals surface area contributed by atoms with Crippen molar-refractivity contribution in [1.82, 2.24) is 10.6 Å². The minimum absolute atomic E-state index is 0.0313. The largest absolute Gasteiger partial charge is 0.478 e. The van der Waals surface area contributed by atoms with E-state index in [2.05, 4.69) is 10.2 Å². The molecule has 3 atom stereocenters. The molecule has 0 unspecified atom stereocenters. The maximum atomic E-state index is 13.8. The van der Waals surface area contributed by atoms with Crippen molar-refractivity contribution in [3.8, 4) is 5.75 Å². The maximum Gasteiger partial charge on any atom is 0.405 e. The van der Waals surface area contributed by atoms with Crippen molar-refractivity contribution in [2.24, 2.45) is 0 Å². The summed E-state index contributed by atoms with van der Waals surface area (Å²) in [4.78, 5) is 27.3. The van der Waals surface area contributed by atoms with Crippen molar-refractivity contribution in [3.05, 3.63) is 58.9 Å². The number of piperidine rings is 1.